The number of amides is 2. The third-order valence-corrected chi connectivity index (χ3v) is 4.32. The second-order valence-electron chi connectivity index (χ2n) is 6.34. The largest absolute Gasteiger partial charge is 0.365 e. The predicted octanol–water partition coefficient (Wildman–Crippen LogP) is 3.93. The molecule has 0 radical (unpaired) electrons. The van der Waals surface area contributed by atoms with Gasteiger partial charge in [-0.3, -0.25) is 9.59 Å². The summed E-state index contributed by atoms with van der Waals surface area (Å²) in [6, 6.07) is 10.9. The van der Waals surface area contributed by atoms with Gasteiger partial charge in [-0.15, -0.1) is 0 Å². The number of unbranched alkanes of at least 4 members (excludes halogenated alkanes) is 1. The van der Waals surface area contributed by atoms with Crippen molar-refractivity contribution >= 4 is 29.1 Å². The number of ether oxygens (including phenoxy) is 1. The number of hydrogen-bond acceptors (Lipinski definition) is 4. The molecule has 1 aromatic heterocycles. The topological polar surface area (TPSA) is 80.3 Å². The van der Waals surface area contributed by atoms with Gasteiger partial charge < -0.3 is 15.4 Å². The lowest BCUT2D eigenvalue weighted by molar-refractivity contribution is 0.0934. The van der Waals surface area contributed by atoms with Crippen LogP contribution in [-0.4, -0.2) is 36.0 Å². The van der Waals surface area contributed by atoms with Crippen molar-refractivity contribution in [1.82, 2.24) is 10.3 Å². The molecule has 0 aliphatic rings. The van der Waals surface area contributed by atoms with Crippen LogP contribution in [0, 0.1) is 6.92 Å². The van der Waals surface area contributed by atoms with E-state index in [1.165, 1.54) is 0 Å². The molecule has 0 spiro atoms. The number of rotatable bonds is 10. The van der Waals surface area contributed by atoms with E-state index in [9.17, 15) is 9.59 Å². The molecule has 0 fully saturated rings. The fourth-order valence-electron chi connectivity index (χ4n) is 2.66. The number of nitrogens with zero attached hydrogens (tertiary/aromatic N) is 1. The summed E-state index contributed by atoms with van der Waals surface area (Å²) in [4.78, 5) is 29.7. The number of aryl methyl sites for hydroxylation is 1. The van der Waals surface area contributed by atoms with Gasteiger partial charge in [0.15, 0.2) is 0 Å². The zero-order valence-electron chi connectivity index (χ0n) is 16.3. The Bertz CT molecular complexity index is 811. The van der Waals surface area contributed by atoms with E-state index in [2.05, 4.69) is 15.6 Å². The van der Waals surface area contributed by atoms with Crippen LogP contribution in [0.2, 0.25) is 0 Å². The average Bonchev–Trinajstić information content (AvgIpc) is 2.69. The Hall–Kier alpha value is -2.44. The molecule has 6 nitrogen and oxygen atoms in total. The summed E-state index contributed by atoms with van der Waals surface area (Å²) in [6.07, 6.45) is 2.45. The molecule has 0 aliphatic carbocycles. The molecule has 2 rings (SSSR count). The predicted molar refractivity (Wildman–Crippen MR) is 111 cm³/mol. The number of alkyl halides is 1. The molecule has 0 saturated heterocycles. The fraction of sp³-hybridized carbons (Fsp3) is 0.381. The first-order valence-electron chi connectivity index (χ1n) is 9.35. The van der Waals surface area contributed by atoms with Gasteiger partial charge in [-0.1, -0.05) is 43.1 Å². The number of halogens is 1. The van der Waals surface area contributed by atoms with Crippen molar-refractivity contribution in [3.05, 3.63) is 58.9 Å². The molecule has 150 valence electrons. The normalized spacial score (nSPS) is 10.5. The minimum atomic E-state index is -0.376. The van der Waals surface area contributed by atoms with Gasteiger partial charge in [-0.2, -0.15) is 0 Å². The fourth-order valence-corrected chi connectivity index (χ4v) is 2.77. The number of pyridine rings is 1. The number of aromatic nitrogens is 1. The van der Waals surface area contributed by atoms with Crippen molar-refractivity contribution < 1.29 is 14.3 Å². The van der Waals surface area contributed by atoms with Gasteiger partial charge in [0.05, 0.1) is 12.2 Å². The lowest BCUT2D eigenvalue weighted by atomic mass is 10.1. The Morgan fingerprint density at radius 3 is 2.68 bits per heavy atom. The Morgan fingerprint density at radius 2 is 1.93 bits per heavy atom. The monoisotopic (exact) mass is 403 g/mol. The highest BCUT2D eigenvalue weighted by atomic mass is 35.5. The van der Waals surface area contributed by atoms with Crippen LogP contribution in [-0.2, 0) is 11.2 Å². The Kier molecular flexibility index (Phi) is 8.91. The minimum absolute atomic E-state index is 0.125. The zero-order valence-corrected chi connectivity index (χ0v) is 17.0. The summed E-state index contributed by atoms with van der Waals surface area (Å²) in [6.45, 7) is 4.84. The Morgan fingerprint density at radius 1 is 1.14 bits per heavy atom. The number of hydrogen-bond donors (Lipinski definition) is 2. The van der Waals surface area contributed by atoms with Crippen molar-refractivity contribution in [2.24, 2.45) is 0 Å². The van der Waals surface area contributed by atoms with E-state index in [0.717, 1.165) is 18.4 Å². The van der Waals surface area contributed by atoms with Crippen LogP contribution in [0.1, 0.15) is 51.9 Å². The highest BCUT2D eigenvalue weighted by Crippen LogP contribution is 2.18. The van der Waals surface area contributed by atoms with Gasteiger partial charge in [-0.25, -0.2) is 4.98 Å². The van der Waals surface area contributed by atoms with Gasteiger partial charge in [0.1, 0.15) is 11.8 Å². The molecule has 0 atom stereocenters. The molecule has 7 heteroatoms. The van der Waals surface area contributed by atoms with Crippen molar-refractivity contribution in [3.63, 3.8) is 0 Å². The van der Waals surface area contributed by atoms with E-state index in [1.807, 2.05) is 31.2 Å². The maximum atomic E-state index is 12.9. The highest BCUT2D eigenvalue weighted by molar-refractivity contribution is 6.17. The van der Waals surface area contributed by atoms with E-state index in [1.54, 1.807) is 19.1 Å². The molecular weight excluding hydrogens is 378 g/mol. The number of carbonyl (C=O) groups excluding carboxylic acids is 2. The summed E-state index contributed by atoms with van der Waals surface area (Å²) in [7, 11) is 0. The lowest BCUT2D eigenvalue weighted by Crippen LogP contribution is -2.29. The zero-order chi connectivity index (χ0) is 20.4. The molecule has 2 N–H and O–H groups in total. The van der Waals surface area contributed by atoms with Crippen LogP contribution < -0.4 is 10.6 Å². The smallest absolute Gasteiger partial charge is 0.270 e. The molecule has 0 bridgehead atoms. The molecule has 0 saturated carbocycles. The first-order valence-corrected chi connectivity index (χ1v) is 9.89. The summed E-state index contributed by atoms with van der Waals surface area (Å²) in [5.74, 6) is -0.718. The van der Waals surface area contributed by atoms with Gasteiger partial charge in [0, 0.05) is 17.9 Å². The van der Waals surface area contributed by atoms with E-state index in [4.69, 9.17) is 16.3 Å². The molecule has 28 heavy (non-hydrogen) atoms. The van der Waals surface area contributed by atoms with Crippen LogP contribution >= 0.6 is 11.6 Å². The van der Waals surface area contributed by atoms with Crippen molar-refractivity contribution in [2.75, 3.05) is 24.5 Å². The lowest BCUT2D eigenvalue weighted by Gasteiger charge is -2.13. The minimum Gasteiger partial charge on any atom is -0.365 e. The quantitative estimate of drug-likeness (QED) is 0.465. The first-order chi connectivity index (χ1) is 13.6. The van der Waals surface area contributed by atoms with Gasteiger partial charge in [0.2, 0.25) is 0 Å². The summed E-state index contributed by atoms with van der Waals surface area (Å²) in [5, 5.41) is 5.71. The van der Waals surface area contributed by atoms with Crippen molar-refractivity contribution in [1.29, 1.82) is 0 Å². The van der Waals surface area contributed by atoms with Crippen LogP contribution in [0.25, 0.3) is 0 Å². The number of anilines is 1. The molecule has 2 aromatic rings. The molecule has 1 heterocycles. The van der Waals surface area contributed by atoms with E-state index in [0.29, 0.717) is 31.0 Å². The third kappa shape index (κ3) is 6.32. The maximum Gasteiger partial charge on any atom is 0.270 e. The number of benzene rings is 1. The summed E-state index contributed by atoms with van der Waals surface area (Å²) < 4.78 is 5.18. The molecular formula is C21H26ClN3O3. The van der Waals surface area contributed by atoms with Crippen LogP contribution in [0.3, 0.4) is 0 Å². The first kappa shape index (κ1) is 21.9. The van der Waals surface area contributed by atoms with Crippen molar-refractivity contribution in [2.45, 2.75) is 33.1 Å². The SMILES string of the molecule is CCCCNC(=O)c1nc(C)ccc1C(=O)Nc1ccccc1CCOCCl. The third-order valence-electron chi connectivity index (χ3n) is 4.17. The second kappa shape index (κ2) is 11.4. The highest BCUT2D eigenvalue weighted by Gasteiger charge is 2.19. The van der Waals surface area contributed by atoms with Crippen LogP contribution in [0.4, 0.5) is 5.69 Å². The van der Waals surface area contributed by atoms with E-state index >= 15 is 0 Å². The maximum absolute atomic E-state index is 12.9. The molecule has 0 unspecified atom stereocenters. The van der Waals surface area contributed by atoms with Gasteiger partial charge in [-0.05, 0) is 43.5 Å². The molecule has 1 aromatic carbocycles. The van der Waals surface area contributed by atoms with Crippen molar-refractivity contribution in [3.8, 4) is 0 Å². The number of carbonyl (C=O) groups is 2. The number of para-hydroxylation sites is 1. The summed E-state index contributed by atoms with van der Waals surface area (Å²) >= 11 is 5.54. The molecule has 2 amide bonds. The standard InChI is InChI=1S/C21H26ClN3O3/c1-3-4-12-23-21(27)19-17(10-9-15(2)24-19)20(26)25-18-8-6-5-7-16(18)11-13-28-14-22/h5-10H,3-4,11-14H2,1-2H3,(H,23,27)(H,25,26). The summed E-state index contributed by atoms with van der Waals surface area (Å²) in [5.41, 5.74) is 2.65. The number of nitrogens with one attached hydrogen (secondary N) is 2. The van der Waals surface area contributed by atoms with Gasteiger partial charge >= 0.3 is 0 Å². The van der Waals surface area contributed by atoms with E-state index < -0.39 is 0 Å². The van der Waals surface area contributed by atoms with Gasteiger partial charge in [0.25, 0.3) is 11.8 Å². The second-order valence-corrected chi connectivity index (χ2v) is 6.56. The Balaban J connectivity index is 2.20. The van der Waals surface area contributed by atoms with E-state index in [-0.39, 0.29) is 29.1 Å². The average molecular weight is 404 g/mol. The van der Waals surface area contributed by atoms with Crippen LogP contribution in [0.15, 0.2) is 36.4 Å². The van der Waals surface area contributed by atoms with Crippen LogP contribution in [0.5, 0.6) is 0 Å². The Labute approximate surface area is 170 Å². The molecule has 0 aliphatic heterocycles.